The fourth-order valence-corrected chi connectivity index (χ4v) is 2.13. The number of rotatable bonds is 6. The molecular formula is C11H16N4S. The van der Waals surface area contributed by atoms with Gasteiger partial charge in [0.2, 0.25) is 0 Å². The first-order valence-corrected chi connectivity index (χ1v) is 6.32. The maximum absolute atomic E-state index is 4.40. The van der Waals surface area contributed by atoms with Crippen molar-refractivity contribution in [2.75, 3.05) is 6.54 Å². The molecule has 2 aromatic rings. The topological polar surface area (TPSA) is 53.6 Å². The number of nitrogens with zero attached hydrogens (tertiary/aromatic N) is 2. The van der Waals surface area contributed by atoms with Gasteiger partial charge >= 0.3 is 0 Å². The summed E-state index contributed by atoms with van der Waals surface area (Å²) in [5.41, 5.74) is 1.14. The van der Waals surface area contributed by atoms with Crippen LogP contribution in [-0.2, 0) is 13.0 Å². The normalized spacial score (nSPS) is 10.8. The average molecular weight is 236 g/mol. The van der Waals surface area contributed by atoms with Gasteiger partial charge in [0, 0.05) is 30.7 Å². The zero-order valence-electron chi connectivity index (χ0n) is 9.36. The molecule has 0 fully saturated rings. The molecular weight excluding hydrogens is 220 g/mol. The van der Waals surface area contributed by atoms with Crippen molar-refractivity contribution in [3.05, 3.63) is 34.3 Å². The Hall–Kier alpha value is -1.20. The number of nitrogens with one attached hydrogen (secondary N) is 2. The lowest BCUT2D eigenvalue weighted by atomic mass is 10.3. The van der Waals surface area contributed by atoms with Crippen LogP contribution in [0.3, 0.4) is 0 Å². The summed E-state index contributed by atoms with van der Waals surface area (Å²) in [4.78, 5) is 11.7. The number of thiazole rings is 1. The summed E-state index contributed by atoms with van der Waals surface area (Å²) in [6, 6.07) is 0. The minimum Gasteiger partial charge on any atom is -0.349 e. The minimum atomic E-state index is 0.864. The van der Waals surface area contributed by atoms with E-state index in [9.17, 15) is 0 Å². The highest BCUT2D eigenvalue weighted by molar-refractivity contribution is 7.09. The second-order valence-electron chi connectivity index (χ2n) is 3.67. The van der Waals surface area contributed by atoms with Gasteiger partial charge in [-0.2, -0.15) is 0 Å². The van der Waals surface area contributed by atoms with Crippen LogP contribution >= 0.6 is 11.3 Å². The van der Waals surface area contributed by atoms with Crippen LogP contribution in [0.5, 0.6) is 0 Å². The molecule has 0 saturated heterocycles. The summed E-state index contributed by atoms with van der Waals surface area (Å²) in [6.45, 7) is 3.89. The lowest BCUT2D eigenvalue weighted by molar-refractivity contribution is 0.634. The fourth-order valence-electron chi connectivity index (χ4n) is 1.52. The Morgan fingerprint density at radius 3 is 3.12 bits per heavy atom. The quantitative estimate of drug-likeness (QED) is 0.753. The molecule has 0 radical (unpaired) electrons. The molecule has 0 aliphatic carbocycles. The van der Waals surface area contributed by atoms with Crippen LogP contribution in [0.25, 0.3) is 0 Å². The highest BCUT2D eigenvalue weighted by atomic mass is 32.1. The van der Waals surface area contributed by atoms with Crippen molar-refractivity contribution in [3.8, 4) is 0 Å². The van der Waals surface area contributed by atoms with Crippen LogP contribution in [0, 0.1) is 6.92 Å². The van der Waals surface area contributed by atoms with E-state index in [1.165, 1.54) is 0 Å². The summed E-state index contributed by atoms with van der Waals surface area (Å²) >= 11 is 1.70. The largest absolute Gasteiger partial charge is 0.349 e. The van der Waals surface area contributed by atoms with Gasteiger partial charge in [-0.25, -0.2) is 9.97 Å². The van der Waals surface area contributed by atoms with Crippen LogP contribution < -0.4 is 5.32 Å². The van der Waals surface area contributed by atoms with Gasteiger partial charge in [-0.1, -0.05) is 0 Å². The highest BCUT2D eigenvalue weighted by Crippen LogP contribution is 2.07. The molecule has 0 aromatic carbocycles. The molecule has 2 rings (SSSR count). The number of aryl methyl sites for hydroxylation is 2. The molecule has 0 spiro atoms. The second-order valence-corrected chi connectivity index (χ2v) is 4.74. The third-order valence-corrected chi connectivity index (χ3v) is 3.12. The molecule has 2 N–H and O–H groups in total. The van der Waals surface area contributed by atoms with Crippen LogP contribution in [0.4, 0.5) is 0 Å². The molecule has 0 aliphatic rings. The zero-order chi connectivity index (χ0) is 11.2. The van der Waals surface area contributed by atoms with Crippen molar-refractivity contribution in [2.45, 2.75) is 26.3 Å². The lowest BCUT2D eigenvalue weighted by Gasteiger charge is -2.01. The van der Waals surface area contributed by atoms with E-state index in [0.717, 1.165) is 42.5 Å². The molecule has 0 amide bonds. The molecule has 86 valence electrons. The molecule has 16 heavy (non-hydrogen) atoms. The monoisotopic (exact) mass is 236 g/mol. The van der Waals surface area contributed by atoms with Crippen molar-refractivity contribution >= 4 is 11.3 Å². The van der Waals surface area contributed by atoms with Gasteiger partial charge in [-0.3, -0.25) is 0 Å². The molecule has 0 aliphatic heterocycles. The SMILES string of the molecule is Cc1nc(CNCCCc2ncc[nH]2)cs1. The Morgan fingerprint density at radius 2 is 2.44 bits per heavy atom. The van der Waals surface area contributed by atoms with Crippen molar-refractivity contribution in [1.82, 2.24) is 20.3 Å². The van der Waals surface area contributed by atoms with Crippen molar-refractivity contribution in [3.63, 3.8) is 0 Å². The number of hydrogen-bond acceptors (Lipinski definition) is 4. The molecule has 5 heteroatoms. The summed E-state index contributed by atoms with van der Waals surface area (Å²) < 4.78 is 0. The van der Waals surface area contributed by atoms with E-state index < -0.39 is 0 Å². The van der Waals surface area contributed by atoms with Gasteiger partial charge in [-0.15, -0.1) is 11.3 Å². The first-order valence-electron chi connectivity index (χ1n) is 5.44. The summed E-state index contributed by atoms with van der Waals surface area (Å²) in [7, 11) is 0. The number of aromatic amines is 1. The van der Waals surface area contributed by atoms with Crippen LogP contribution in [0.2, 0.25) is 0 Å². The molecule has 4 nitrogen and oxygen atoms in total. The molecule has 0 atom stereocenters. The predicted molar refractivity (Wildman–Crippen MR) is 65.5 cm³/mol. The molecule has 2 aromatic heterocycles. The summed E-state index contributed by atoms with van der Waals surface area (Å²) in [5, 5.41) is 6.62. The zero-order valence-corrected chi connectivity index (χ0v) is 10.2. The van der Waals surface area contributed by atoms with E-state index in [0.29, 0.717) is 0 Å². The smallest absolute Gasteiger partial charge is 0.106 e. The molecule has 0 bridgehead atoms. The maximum atomic E-state index is 4.40. The van der Waals surface area contributed by atoms with Crippen LogP contribution in [0.1, 0.15) is 22.9 Å². The summed E-state index contributed by atoms with van der Waals surface area (Å²) in [5.74, 6) is 1.06. The number of aromatic nitrogens is 3. The molecule has 0 saturated carbocycles. The maximum Gasteiger partial charge on any atom is 0.106 e. The van der Waals surface area contributed by atoms with Crippen molar-refractivity contribution in [1.29, 1.82) is 0 Å². The van der Waals surface area contributed by atoms with E-state index in [-0.39, 0.29) is 0 Å². The standard InChI is InChI=1S/C11H16N4S/c1-9-15-10(8-16-9)7-12-4-2-3-11-13-5-6-14-11/h5-6,8,12H,2-4,7H2,1H3,(H,13,14). The Bertz CT molecular complexity index is 407. The van der Waals surface area contributed by atoms with Crippen molar-refractivity contribution in [2.24, 2.45) is 0 Å². The van der Waals surface area contributed by atoms with E-state index in [1.807, 2.05) is 13.1 Å². The number of H-pyrrole nitrogens is 1. The molecule has 2 heterocycles. The van der Waals surface area contributed by atoms with Gasteiger partial charge in [0.25, 0.3) is 0 Å². The first-order chi connectivity index (χ1) is 7.84. The van der Waals surface area contributed by atoms with E-state index in [2.05, 4.69) is 25.6 Å². The van der Waals surface area contributed by atoms with Crippen molar-refractivity contribution < 1.29 is 0 Å². The van der Waals surface area contributed by atoms with E-state index in [4.69, 9.17) is 0 Å². The number of hydrogen-bond donors (Lipinski definition) is 2. The predicted octanol–water partition coefficient (Wildman–Crippen LogP) is 1.90. The molecule has 0 unspecified atom stereocenters. The number of imidazole rings is 1. The average Bonchev–Trinajstić information content (AvgIpc) is 2.89. The third-order valence-electron chi connectivity index (χ3n) is 2.29. The van der Waals surface area contributed by atoms with Crippen LogP contribution in [0.15, 0.2) is 17.8 Å². The lowest BCUT2D eigenvalue weighted by Crippen LogP contribution is -2.15. The van der Waals surface area contributed by atoms with E-state index in [1.54, 1.807) is 17.5 Å². The summed E-state index contributed by atoms with van der Waals surface area (Å²) in [6.07, 6.45) is 5.74. The van der Waals surface area contributed by atoms with E-state index >= 15 is 0 Å². The fraction of sp³-hybridized carbons (Fsp3) is 0.455. The Kier molecular flexibility index (Phi) is 4.07. The van der Waals surface area contributed by atoms with Gasteiger partial charge < -0.3 is 10.3 Å². The van der Waals surface area contributed by atoms with Gasteiger partial charge in [0.1, 0.15) is 5.82 Å². The Labute approximate surface area is 99.2 Å². The Morgan fingerprint density at radius 1 is 1.50 bits per heavy atom. The Balaban J connectivity index is 1.59. The first kappa shape index (κ1) is 11.3. The van der Waals surface area contributed by atoms with Crippen LogP contribution in [-0.4, -0.2) is 21.5 Å². The second kappa shape index (κ2) is 5.77. The van der Waals surface area contributed by atoms with Gasteiger partial charge in [0.05, 0.1) is 10.7 Å². The van der Waals surface area contributed by atoms with Gasteiger partial charge in [-0.05, 0) is 19.9 Å². The minimum absolute atomic E-state index is 0.864. The third kappa shape index (κ3) is 3.43. The van der Waals surface area contributed by atoms with Gasteiger partial charge in [0.15, 0.2) is 0 Å². The highest BCUT2D eigenvalue weighted by Gasteiger charge is 1.98.